The molecule has 29 heavy (non-hydrogen) atoms. The van der Waals surface area contributed by atoms with E-state index in [1.165, 1.54) is 20.3 Å². The van der Waals surface area contributed by atoms with Crippen LogP contribution in [0.2, 0.25) is 0 Å². The van der Waals surface area contributed by atoms with Gasteiger partial charge in [-0.1, -0.05) is 15.9 Å². The van der Waals surface area contributed by atoms with Crippen molar-refractivity contribution in [3.63, 3.8) is 0 Å². The topological polar surface area (TPSA) is 101 Å². The molecule has 0 fully saturated rings. The standard InChI is InChI=1S/C21H21BrN2O5/c1-6-29-21(26)18-11(2)19(24-12(18)3)20(25)14(10-23)7-13-8-16(27-4)17(28-5)9-15(13)22/h7-9,24H,6H2,1-5H3. The Morgan fingerprint density at radius 1 is 1.21 bits per heavy atom. The number of methoxy groups -OCH3 is 2. The van der Waals surface area contributed by atoms with E-state index in [1.54, 1.807) is 32.9 Å². The minimum atomic E-state index is -0.523. The third kappa shape index (κ3) is 4.51. The molecule has 0 bridgehead atoms. The van der Waals surface area contributed by atoms with Gasteiger partial charge in [0.2, 0.25) is 5.78 Å². The predicted octanol–water partition coefficient (Wildman–Crippen LogP) is 4.38. The zero-order valence-corrected chi connectivity index (χ0v) is 18.4. The number of aromatic nitrogens is 1. The maximum atomic E-state index is 13.0. The first kappa shape index (κ1) is 22.2. The lowest BCUT2D eigenvalue weighted by Crippen LogP contribution is -2.08. The second-order valence-electron chi connectivity index (χ2n) is 6.07. The van der Waals surface area contributed by atoms with Gasteiger partial charge in [-0.3, -0.25) is 4.79 Å². The normalized spacial score (nSPS) is 11.0. The molecule has 0 atom stereocenters. The van der Waals surface area contributed by atoms with Crippen LogP contribution >= 0.6 is 15.9 Å². The van der Waals surface area contributed by atoms with E-state index in [0.717, 1.165) is 0 Å². The number of carbonyl (C=O) groups excluding carboxylic acids is 2. The Bertz CT molecular complexity index is 1030. The number of aromatic amines is 1. The van der Waals surface area contributed by atoms with Crippen LogP contribution in [0.4, 0.5) is 0 Å². The minimum Gasteiger partial charge on any atom is -0.493 e. The fourth-order valence-corrected chi connectivity index (χ4v) is 3.34. The number of nitriles is 1. The zero-order valence-electron chi connectivity index (χ0n) is 16.8. The number of nitrogens with zero attached hydrogens (tertiary/aromatic N) is 1. The van der Waals surface area contributed by atoms with Gasteiger partial charge in [0, 0.05) is 10.2 Å². The van der Waals surface area contributed by atoms with Crippen molar-refractivity contribution in [2.75, 3.05) is 20.8 Å². The molecule has 0 saturated carbocycles. The number of hydrogen-bond acceptors (Lipinski definition) is 6. The van der Waals surface area contributed by atoms with Gasteiger partial charge in [0.1, 0.15) is 11.6 Å². The van der Waals surface area contributed by atoms with Crippen LogP contribution in [-0.4, -0.2) is 37.6 Å². The van der Waals surface area contributed by atoms with Crippen LogP contribution in [0.3, 0.4) is 0 Å². The molecule has 0 radical (unpaired) electrons. The van der Waals surface area contributed by atoms with Crippen LogP contribution in [0, 0.1) is 25.2 Å². The van der Waals surface area contributed by atoms with Crippen molar-refractivity contribution >= 4 is 33.8 Å². The Balaban J connectivity index is 2.51. The van der Waals surface area contributed by atoms with Crippen LogP contribution < -0.4 is 9.47 Å². The van der Waals surface area contributed by atoms with E-state index in [9.17, 15) is 14.9 Å². The third-order valence-electron chi connectivity index (χ3n) is 4.31. The molecule has 0 unspecified atom stereocenters. The molecule has 7 nitrogen and oxygen atoms in total. The molecular weight excluding hydrogens is 440 g/mol. The van der Waals surface area contributed by atoms with Crippen molar-refractivity contribution in [1.82, 2.24) is 4.98 Å². The lowest BCUT2D eigenvalue weighted by atomic mass is 10.0. The number of Topliss-reactive ketones (excluding diaryl/α,β-unsaturated/α-hetero) is 1. The van der Waals surface area contributed by atoms with Gasteiger partial charge >= 0.3 is 5.97 Å². The monoisotopic (exact) mass is 460 g/mol. The second kappa shape index (κ2) is 9.43. The summed E-state index contributed by atoms with van der Waals surface area (Å²) in [6.07, 6.45) is 1.45. The number of aryl methyl sites for hydroxylation is 1. The molecule has 0 aliphatic heterocycles. The van der Waals surface area contributed by atoms with E-state index in [0.29, 0.717) is 38.4 Å². The molecule has 8 heteroatoms. The van der Waals surface area contributed by atoms with Crippen molar-refractivity contribution in [3.8, 4) is 17.6 Å². The summed E-state index contributed by atoms with van der Waals surface area (Å²) in [7, 11) is 3.01. The molecule has 1 aromatic heterocycles. The van der Waals surface area contributed by atoms with E-state index < -0.39 is 11.8 Å². The molecule has 1 N–H and O–H groups in total. The number of halogens is 1. The van der Waals surface area contributed by atoms with Crippen molar-refractivity contribution in [3.05, 3.63) is 50.3 Å². The maximum Gasteiger partial charge on any atom is 0.340 e. The van der Waals surface area contributed by atoms with E-state index in [2.05, 4.69) is 20.9 Å². The van der Waals surface area contributed by atoms with E-state index in [1.807, 2.05) is 6.07 Å². The van der Waals surface area contributed by atoms with Gasteiger partial charge < -0.3 is 19.2 Å². The molecular formula is C21H21BrN2O5. The number of ether oxygens (including phenoxy) is 3. The molecule has 1 aromatic carbocycles. The van der Waals surface area contributed by atoms with Gasteiger partial charge in [-0.25, -0.2) is 4.79 Å². The first-order valence-electron chi connectivity index (χ1n) is 8.73. The summed E-state index contributed by atoms with van der Waals surface area (Å²) in [5, 5.41) is 9.58. The highest BCUT2D eigenvalue weighted by Crippen LogP contribution is 2.34. The molecule has 0 saturated heterocycles. The minimum absolute atomic E-state index is 0.0994. The summed E-state index contributed by atoms with van der Waals surface area (Å²) < 4.78 is 16.2. The number of carbonyl (C=O) groups is 2. The molecule has 0 aliphatic carbocycles. The average molecular weight is 461 g/mol. The SMILES string of the molecule is CCOC(=O)c1c(C)[nH]c(C(=O)C(C#N)=Cc2cc(OC)c(OC)cc2Br)c1C. The maximum absolute atomic E-state index is 13.0. The highest BCUT2D eigenvalue weighted by molar-refractivity contribution is 9.10. The summed E-state index contributed by atoms with van der Waals surface area (Å²) in [4.78, 5) is 28.1. The first-order chi connectivity index (χ1) is 13.8. The summed E-state index contributed by atoms with van der Waals surface area (Å²) >= 11 is 3.41. The quantitative estimate of drug-likeness (QED) is 0.284. The number of nitrogens with one attached hydrogen (secondary N) is 1. The highest BCUT2D eigenvalue weighted by Gasteiger charge is 2.25. The Kier molecular flexibility index (Phi) is 7.23. The molecule has 0 spiro atoms. The van der Waals surface area contributed by atoms with Gasteiger partial charge in [0.25, 0.3) is 0 Å². The van der Waals surface area contributed by atoms with Crippen molar-refractivity contribution in [2.24, 2.45) is 0 Å². The van der Waals surface area contributed by atoms with Crippen LogP contribution in [0.5, 0.6) is 11.5 Å². The molecule has 2 aromatic rings. The number of rotatable bonds is 7. The van der Waals surface area contributed by atoms with Crippen LogP contribution in [0.15, 0.2) is 22.2 Å². The summed E-state index contributed by atoms with van der Waals surface area (Å²) in [6.45, 7) is 5.25. The number of ketones is 1. The van der Waals surface area contributed by atoms with Crippen molar-refractivity contribution in [1.29, 1.82) is 5.26 Å². The Hall–Kier alpha value is -3.05. The summed E-state index contributed by atoms with van der Waals surface area (Å²) in [5.41, 5.74) is 1.90. The van der Waals surface area contributed by atoms with Crippen molar-refractivity contribution < 1.29 is 23.8 Å². The van der Waals surface area contributed by atoms with Gasteiger partial charge in [-0.05, 0) is 50.1 Å². The van der Waals surface area contributed by atoms with Crippen molar-refractivity contribution in [2.45, 2.75) is 20.8 Å². The second-order valence-corrected chi connectivity index (χ2v) is 6.93. The number of benzene rings is 1. The fourth-order valence-electron chi connectivity index (χ4n) is 2.91. The largest absolute Gasteiger partial charge is 0.493 e. The third-order valence-corrected chi connectivity index (χ3v) is 5.00. The van der Waals surface area contributed by atoms with Crippen LogP contribution in [0.25, 0.3) is 6.08 Å². The smallest absolute Gasteiger partial charge is 0.340 e. The molecule has 2 rings (SSSR count). The Labute approximate surface area is 177 Å². The van der Waals surface area contributed by atoms with Crippen LogP contribution in [-0.2, 0) is 4.74 Å². The summed E-state index contributed by atoms with van der Waals surface area (Å²) in [5.74, 6) is -0.0623. The van der Waals surface area contributed by atoms with Gasteiger partial charge in [-0.15, -0.1) is 0 Å². The Morgan fingerprint density at radius 3 is 2.38 bits per heavy atom. The van der Waals surface area contributed by atoms with E-state index in [-0.39, 0.29) is 17.9 Å². The lowest BCUT2D eigenvalue weighted by molar-refractivity contribution is 0.0525. The first-order valence-corrected chi connectivity index (χ1v) is 9.52. The van der Waals surface area contributed by atoms with Crippen LogP contribution in [0.1, 0.15) is 44.6 Å². The van der Waals surface area contributed by atoms with E-state index in [4.69, 9.17) is 14.2 Å². The number of allylic oxidation sites excluding steroid dienone is 1. The lowest BCUT2D eigenvalue weighted by Gasteiger charge is -2.10. The molecule has 152 valence electrons. The summed E-state index contributed by atoms with van der Waals surface area (Å²) in [6, 6.07) is 5.28. The fraction of sp³-hybridized carbons (Fsp3) is 0.286. The number of esters is 1. The molecule has 0 aliphatic rings. The predicted molar refractivity (Wildman–Crippen MR) is 111 cm³/mol. The Morgan fingerprint density at radius 2 is 1.83 bits per heavy atom. The van der Waals surface area contributed by atoms with E-state index >= 15 is 0 Å². The number of H-pyrrole nitrogens is 1. The van der Waals surface area contributed by atoms with Gasteiger partial charge in [0.05, 0.1) is 32.1 Å². The zero-order chi connectivity index (χ0) is 21.7. The number of hydrogen-bond donors (Lipinski definition) is 1. The molecule has 1 heterocycles. The van der Waals surface area contributed by atoms with Gasteiger partial charge in [0.15, 0.2) is 11.5 Å². The van der Waals surface area contributed by atoms with Gasteiger partial charge in [-0.2, -0.15) is 5.26 Å². The average Bonchev–Trinajstić information content (AvgIpc) is 3.00. The highest BCUT2D eigenvalue weighted by atomic mass is 79.9. The molecule has 0 amide bonds.